The highest BCUT2D eigenvalue weighted by Crippen LogP contribution is 2.29. The van der Waals surface area contributed by atoms with Crippen LogP contribution in [-0.2, 0) is 0 Å². The minimum absolute atomic E-state index is 0.0562. The summed E-state index contributed by atoms with van der Waals surface area (Å²) in [4.78, 5) is 14.2. The lowest BCUT2D eigenvalue weighted by Gasteiger charge is -2.09. The molecular weight excluding hydrogens is 312 g/mol. The molecule has 0 atom stereocenters. The van der Waals surface area contributed by atoms with Crippen molar-refractivity contribution in [2.75, 3.05) is 5.73 Å². The van der Waals surface area contributed by atoms with Gasteiger partial charge in [0.05, 0.1) is 0 Å². The van der Waals surface area contributed by atoms with Gasteiger partial charge in [0.15, 0.2) is 0 Å². The molecule has 7 nitrogen and oxygen atoms in total. The van der Waals surface area contributed by atoms with Crippen LogP contribution in [0.15, 0.2) is 34.4 Å². The van der Waals surface area contributed by atoms with E-state index < -0.39 is 5.56 Å². The van der Waals surface area contributed by atoms with E-state index >= 15 is 0 Å². The van der Waals surface area contributed by atoms with E-state index in [2.05, 4.69) is 14.6 Å². The summed E-state index contributed by atoms with van der Waals surface area (Å²) in [5.41, 5.74) is 7.38. The van der Waals surface area contributed by atoms with Crippen LogP contribution < -0.4 is 11.3 Å². The number of nitriles is 2. The molecule has 3 N–H and O–H groups in total. The van der Waals surface area contributed by atoms with Gasteiger partial charge in [-0.1, -0.05) is 28.8 Å². The summed E-state index contributed by atoms with van der Waals surface area (Å²) in [6.07, 6.45) is 0. The molecule has 2 heterocycles. The zero-order chi connectivity index (χ0) is 16.4. The summed E-state index contributed by atoms with van der Waals surface area (Å²) in [6.45, 7) is 0. The fourth-order valence-electron chi connectivity index (χ4n) is 2.23. The SMILES string of the molecule is N#Cc1c(N)[nH]c(=O)c(C#N)c1-c1ccc(-c2csnn2)cc1. The van der Waals surface area contributed by atoms with E-state index in [0.717, 1.165) is 11.3 Å². The molecule has 0 radical (unpaired) electrons. The van der Waals surface area contributed by atoms with Gasteiger partial charge in [0.25, 0.3) is 5.56 Å². The smallest absolute Gasteiger partial charge is 0.268 e. The number of aromatic amines is 1. The van der Waals surface area contributed by atoms with Gasteiger partial charge >= 0.3 is 0 Å². The minimum Gasteiger partial charge on any atom is -0.384 e. The van der Waals surface area contributed by atoms with Gasteiger partial charge in [0.1, 0.15) is 34.8 Å². The second-order valence-corrected chi connectivity index (χ2v) is 5.19. The summed E-state index contributed by atoms with van der Waals surface area (Å²) in [5, 5.41) is 24.3. The Hall–Kier alpha value is -3.49. The quantitative estimate of drug-likeness (QED) is 0.740. The van der Waals surface area contributed by atoms with Gasteiger partial charge in [-0.25, -0.2) is 0 Å². The number of hydrogen-bond acceptors (Lipinski definition) is 7. The molecule has 2 aromatic heterocycles. The third kappa shape index (κ3) is 2.44. The maximum Gasteiger partial charge on any atom is 0.268 e. The summed E-state index contributed by atoms with van der Waals surface area (Å²) in [7, 11) is 0. The number of benzene rings is 1. The number of anilines is 1. The fourth-order valence-corrected chi connectivity index (χ4v) is 2.70. The van der Waals surface area contributed by atoms with Crippen molar-refractivity contribution < 1.29 is 0 Å². The maximum atomic E-state index is 11.9. The van der Waals surface area contributed by atoms with Crippen molar-refractivity contribution in [1.82, 2.24) is 14.6 Å². The van der Waals surface area contributed by atoms with E-state index in [9.17, 15) is 15.3 Å². The van der Waals surface area contributed by atoms with Crippen LogP contribution in [0.3, 0.4) is 0 Å². The number of hydrogen-bond donors (Lipinski definition) is 2. The number of nitrogen functional groups attached to an aromatic ring is 1. The van der Waals surface area contributed by atoms with E-state index in [0.29, 0.717) is 5.56 Å². The Morgan fingerprint density at radius 3 is 2.30 bits per heavy atom. The molecule has 1 aromatic carbocycles. The van der Waals surface area contributed by atoms with Crippen molar-refractivity contribution in [3.63, 3.8) is 0 Å². The molecule has 0 aliphatic heterocycles. The average Bonchev–Trinajstić information content (AvgIpc) is 3.09. The lowest BCUT2D eigenvalue weighted by molar-refractivity contribution is 1.16. The molecule has 0 bridgehead atoms. The first-order valence-corrected chi connectivity index (χ1v) is 7.23. The van der Waals surface area contributed by atoms with E-state index in [4.69, 9.17) is 5.73 Å². The van der Waals surface area contributed by atoms with Crippen LogP contribution in [0, 0.1) is 22.7 Å². The standard InChI is InChI=1S/C15H8N6OS/c16-5-10-13(11(6-17)15(22)19-14(10)18)9-3-1-8(2-4-9)12-7-23-21-20-12/h1-4,7H,(H3,18,19,22). The largest absolute Gasteiger partial charge is 0.384 e. The molecule has 0 unspecified atom stereocenters. The summed E-state index contributed by atoms with van der Waals surface area (Å²) in [6, 6.07) is 10.8. The highest BCUT2D eigenvalue weighted by Gasteiger charge is 2.18. The molecule has 0 aliphatic rings. The first-order valence-electron chi connectivity index (χ1n) is 6.39. The van der Waals surface area contributed by atoms with Crippen LogP contribution in [0.4, 0.5) is 5.82 Å². The van der Waals surface area contributed by atoms with Gasteiger partial charge in [-0.15, -0.1) is 5.10 Å². The van der Waals surface area contributed by atoms with E-state index in [1.807, 2.05) is 17.5 Å². The van der Waals surface area contributed by atoms with Crippen molar-refractivity contribution >= 4 is 17.4 Å². The molecular formula is C15H8N6OS. The number of nitrogens with one attached hydrogen (secondary N) is 1. The van der Waals surface area contributed by atoms with Gasteiger partial charge in [0.2, 0.25) is 0 Å². The molecule has 8 heteroatoms. The third-order valence-corrected chi connectivity index (χ3v) is 3.80. The van der Waals surface area contributed by atoms with Gasteiger partial charge in [0, 0.05) is 16.5 Å². The Morgan fingerprint density at radius 2 is 1.74 bits per heavy atom. The van der Waals surface area contributed by atoms with E-state index in [1.54, 1.807) is 24.3 Å². The Labute approximate surface area is 134 Å². The monoisotopic (exact) mass is 320 g/mol. The van der Waals surface area contributed by atoms with Crippen LogP contribution in [0.25, 0.3) is 22.4 Å². The van der Waals surface area contributed by atoms with E-state index in [1.165, 1.54) is 11.5 Å². The van der Waals surface area contributed by atoms with Crippen LogP contribution in [0.1, 0.15) is 11.1 Å². The number of pyridine rings is 1. The van der Waals surface area contributed by atoms with Crippen LogP contribution in [-0.4, -0.2) is 14.6 Å². The molecule has 23 heavy (non-hydrogen) atoms. The molecule has 3 rings (SSSR count). The summed E-state index contributed by atoms with van der Waals surface area (Å²) >= 11 is 1.24. The van der Waals surface area contributed by atoms with E-state index in [-0.39, 0.29) is 22.5 Å². The van der Waals surface area contributed by atoms with Crippen molar-refractivity contribution in [3.8, 4) is 34.5 Å². The fraction of sp³-hybridized carbons (Fsp3) is 0. The first kappa shape index (κ1) is 14.4. The molecule has 0 fully saturated rings. The Balaban J connectivity index is 2.21. The predicted molar refractivity (Wildman–Crippen MR) is 85.2 cm³/mol. The molecule has 3 aromatic rings. The molecule has 0 aliphatic carbocycles. The highest BCUT2D eigenvalue weighted by molar-refractivity contribution is 7.03. The van der Waals surface area contributed by atoms with Gasteiger partial charge in [-0.2, -0.15) is 10.5 Å². The summed E-state index contributed by atoms with van der Waals surface area (Å²) < 4.78 is 3.80. The van der Waals surface area contributed by atoms with Crippen LogP contribution >= 0.6 is 11.5 Å². The second-order valence-electron chi connectivity index (χ2n) is 4.58. The molecule has 110 valence electrons. The average molecular weight is 320 g/mol. The molecule has 0 spiro atoms. The van der Waals surface area contributed by atoms with Crippen molar-refractivity contribution in [3.05, 3.63) is 51.1 Å². The zero-order valence-electron chi connectivity index (χ0n) is 11.6. The Kier molecular flexibility index (Phi) is 3.59. The lowest BCUT2D eigenvalue weighted by atomic mass is 9.95. The first-order chi connectivity index (χ1) is 11.2. The normalized spacial score (nSPS) is 10.0. The molecule has 0 saturated heterocycles. The van der Waals surface area contributed by atoms with Crippen LogP contribution in [0.5, 0.6) is 0 Å². The van der Waals surface area contributed by atoms with Gasteiger partial charge in [-0.3, -0.25) is 4.79 Å². The maximum absolute atomic E-state index is 11.9. The van der Waals surface area contributed by atoms with Crippen LogP contribution in [0.2, 0.25) is 0 Å². The predicted octanol–water partition coefficient (Wildman–Crippen LogP) is 1.89. The topological polar surface area (TPSA) is 132 Å². The number of nitrogens with zero attached hydrogens (tertiary/aromatic N) is 4. The van der Waals surface area contributed by atoms with Crippen molar-refractivity contribution in [1.29, 1.82) is 10.5 Å². The number of H-pyrrole nitrogens is 1. The Morgan fingerprint density at radius 1 is 1.09 bits per heavy atom. The van der Waals surface area contributed by atoms with Crippen molar-refractivity contribution in [2.24, 2.45) is 0 Å². The lowest BCUT2D eigenvalue weighted by Crippen LogP contribution is -2.16. The zero-order valence-corrected chi connectivity index (χ0v) is 12.4. The second kappa shape index (κ2) is 5.72. The number of nitrogens with two attached hydrogens (primary N) is 1. The molecule has 0 amide bonds. The minimum atomic E-state index is -0.619. The third-order valence-electron chi connectivity index (χ3n) is 3.30. The number of aromatic nitrogens is 3. The Bertz CT molecular complexity index is 1010. The number of rotatable bonds is 2. The van der Waals surface area contributed by atoms with Gasteiger partial charge in [-0.05, 0) is 17.1 Å². The summed E-state index contributed by atoms with van der Waals surface area (Å²) in [5.74, 6) is -0.0562. The van der Waals surface area contributed by atoms with Crippen molar-refractivity contribution in [2.45, 2.75) is 0 Å². The molecule has 0 saturated carbocycles. The highest BCUT2D eigenvalue weighted by atomic mass is 32.1. The van der Waals surface area contributed by atoms with Gasteiger partial charge < -0.3 is 10.7 Å².